The Morgan fingerprint density at radius 3 is 2.73 bits per heavy atom. The summed E-state index contributed by atoms with van der Waals surface area (Å²) in [6, 6.07) is 1.71. The van der Waals surface area contributed by atoms with Crippen molar-refractivity contribution in [2.75, 3.05) is 6.61 Å². The fourth-order valence-electron chi connectivity index (χ4n) is 4.10. The highest BCUT2D eigenvalue weighted by Gasteiger charge is 2.23. The van der Waals surface area contributed by atoms with Crippen molar-refractivity contribution in [1.29, 1.82) is 5.41 Å². The molecule has 3 aromatic heterocycles. The van der Waals surface area contributed by atoms with Crippen LogP contribution in [0.5, 0.6) is 0 Å². The molecular weight excluding hydrogens is 583 g/mol. The number of nitrogens with zero attached hydrogens (tertiary/aromatic N) is 4. The number of carbonyl (C=O) groups is 1. The lowest BCUT2D eigenvalue weighted by Gasteiger charge is -2.28. The Balaban J connectivity index is 1.49. The van der Waals surface area contributed by atoms with Gasteiger partial charge in [-0.3, -0.25) is 14.7 Å². The maximum absolute atomic E-state index is 14.4. The molecule has 1 saturated carbocycles. The van der Waals surface area contributed by atoms with Crippen LogP contribution < -0.4 is 10.6 Å². The highest BCUT2D eigenvalue weighted by molar-refractivity contribution is 7.46. The number of phosphoric ester groups is 1. The molecule has 3 heterocycles. The van der Waals surface area contributed by atoms with Crippen LogP contribution >= 0.6 is 19.2 Å². The predicted octanol–water partition coefficient (Wildman–Crippen LogP) is 3.32. The number of thiazole rings is 1. The highest BCUT2D eigenvalue weighted by atomic mass is 32.1. The van der Waals surface area contributed by atoms with Crippen LogP contribution in [0.3, 0.4) is 0 Å². The number of ether oxygens (including phenoxy) is 1. The minimum Gasteiger partial charge on any atom is -0.386 e. The Kier molecular flexibility index (Phi) is 10.1. The van der Waals surface area contributed by atoms with Gasteiger partial charge in [0.25, 0.3) is 5.91 Å². The lowest BCUT2D eigenvalue weighted by Crippen LogP contribution is -2.35. The van der Waals surface area contributed by atoms with E-state index in [0.29, 0.717) is 17.2 Å². The van der Waals surface area contributed by atoms with Crippen LogP contribution in [0.25, 0.3) is 10.6 Å². The largest absolute Gasteiger partial charge is 0.471 e. The lowest BCUT2D eigenvalue weighted by atomic mass is 9.93. The lowest BCUT2D eigenvalue weighted by molar-refractivity contribution is 0.0314. The minimum absolute atomic E-state index is 0.0205. The first-order valence-corrected chi connectivity index (χ1v) is 14.9. The number of amides is 1. The van der Waals surface area contributed by atoms with E-state index in [0.717, 1.165) is 53.8 Å². The smallest absolute Gasteiger partial charge is 0.386 e. The molecule has 0 aromatic carbocycles. The maximum Gasteiger partial charge on any atom is 0.471 e. The fourth-order valence-corrected chi connectivity index (χ4v) is 5.15. The molecule has 17 heteroatoms. The first-order valence-electron chi connectivity index (χ1n) is 12.5. The van der Waals surface area contributed by atoms with Gasteiger partial charge in [0, 0.05) is 36.0 Å². The molecule has 1 fully saturated rings. The van der Waals surface area contributed by atoms with E-state index in [4.69, 9.17) is 19.9 Å². The van der Waals surface area contributed by atoms with Crippen molar-refractivity contribution in [3.05, 3.63) is 65.0 Å². The van der Waals surface area contributed by atoms with Gasteiger partial charge < -0.3 is 25.2 Å². The van der Waals surface area contributed by atoms with Gasteiger partial charge in [-0.05, 0) is 44.7 Å². The molecule has 5 N–H and O–H groups in total. The molecule has 41 heavy (non-hydrogen) atoms. The summed E-state index contributed by atoms with van der Waals surface area (Å²) in [7, 11) is -4.68. The van der Waals surface area contributed by atoms with E-state index in [-0.39, 0.29) is 23.5 Å². The molecule has 220 valence electrons. The number of hydrogen-bond acceptors (Lipinski definition) is 10. The molecule has 1 aliphatic carbocycles. The van der Waals surface area contributed by atoms with Crippen LogP contribution in [0.15, 0.2) is 41.8 Å². The van der Waals surface area contributed by atoms with Gasteiger partial charge in [0.1, 0.15) is 22.1 Å². The molecule has 0 saturated heterocycles. The number of allylic oxidation sites excluding steroid dienone is 1. The predicted molar refractivity (Wildman–Crippen MR) is 144 cm³/mol. The zero-order valence-electron chi connectivity index (χ0n) is 21.8. The molecule has 13 nitrogen and oxygen atoms in total. The second-order valence-electron chi connectivity index (χ2n) is 9.00. The zero-order valence-corrected chi connectivity index (χ0v) is 23.5. The van der Waals surface area contributed by atoms with E-state index in [9.17, 15) is 18.1 Å². The Hall–Kier alpha value is -3.40. The summed E-state index contributed by atoms with van der Waals surface area (Å²) in [4.78, 5) is 38.6. The normalized spacial score (nSPS) is 17.8. The summed E-state index contributed by atoms with van der Waals surface area (Å²) >= 11 is 1.10. The Morgan fingerprint density at radius 2 is 2.02 bits per heavy atom. The van der Waals surface area contributed by atoms with Crippen LogP contribution in [0.4, 0.5) is 8.78 Å². The maximum atomic E-state index is 14.4. The molecule has 4 rings (SSSR count). The van der Waals surface area contributed by atoms with E-state index in [1.54, 1.807) is 0 Å². The second kappa shape index (κ2) is 13.5. The highest BCUT2D eigenvalue weighted by Crippen LogP contribution is 2.36. The Labute approximate surface area is 237 Å². The summed E-state index contributed by atoms with van der Waals surface area (Å²) in [5.41, 5.74) is -0.791. The standard InChI is InChI=1S/C24H28F2N7O6PS/c1-2-38-16-5-3-15(4-6-16)28-10-18(21(27)22-17(25)7-8-20(26)32-22)30-23(34)19-12-41-24(31-19)14-9-29-33(11-14)13-39-40(35,36)37/h7-12,15-16,27-28H,2-6,13H2,1H3,(H,30,34)(H2,35,36,37)/b18-10+,27-21?. The zero-order chi connectivity index (χ0) is 29.6. The summed E-state index contributed by atoms with van der Waals surface area (Å²) in [6.45, 7) is 2.08. The third-order valence-electron chi connectivity index (χ3n) is 6.08. The van der Waals surface area contributed by atoms with Crippen LogP contribution in [0.1, 0.15) is 48.8 Å². The van der Waals surface area contributed by atoms with Gasteiger partial charge in [-0.15, -0.1) is 11.3 Å². The number of hydrogen-bond donors (Lipinski definition) is 5. The number of nitrogens with one attached hydrogen (secondary N) is 3. The molecule has 0 atom stereocenters. The number of phosphoric acid groups is 1. The molecule has 1 aliphatic rings. The number of rotatable bonds is 12. The number of pyridine rings is 1. The van der Waals surface area contributed by atoms with Gasteiger partial charge in [0.15, 0.2) is 12.5 Å². The van der Waals surface area contributed by atoms with Crippen molar-refractivity contribution < 1.29 is 37.2 Å². The van der Waals surface area contributed by atoms with Gasteiger partial charge in [-0.25, -0.2) is 23.6 Å². The van der Waals surface area contributed by atoms with Crippen molar-refractivity contribution in [2.24, 2.45) is 0 Å². The number of halogens is 2. The molecule has 3 aromatic rings. The molecule has 0 spiro atoms. The average Bonchev–Trinajstić information content (AvgIpc) is 3.61. The van der Waals surface area contributed by atoms with E-state index in [1.165, 1.54) is 24.0 Å². The third-order valence-corrected chi connectivity index (χ3v) is 7.42. The molecular formula is C24H28F2N7O6PS. The second-order valence-corrected chi connectivity index (χ2v) is 11.1. The van der Waals surface area contributed by atoms with Gasteiger partial charge in [0.2, 0.25) is 5.95 Å². The van der Waals surface area contributed by atoms with Gasteiger partial charge in [-0.2, -0.15) is 9.49 Å². The van der Waals surface area contributed by atoms with Crippen molar-refractivity contribution in [3.8, 4) is 10.6 Å². The number of aromatic nitrogens is 4. The van der Waals surface area contributed by atoms with Crippen molar-refractivity contribution in [3.63, 3.8) is 0 Å². The molecule has 0 bridgehead atoms. The third kappa shape index (κ3) is 8.55. The first kappa shape index (κ1) is 30.6. The Morgan fingerprint density at radius 1 is 1.27 bits per heavy atom. The fraction of sp³-hybridized carbons (Fsp3) is 0.375. The van der Waals surface area contributed by atoms with Crippen molar-refractivity contribution in [1.82, 2.24) is 30.4 Å². The Bertz CT molecular complexity index is 1470. The first-order chi connectivity index (χ1) is 19.5. The van der Waals surface area contributed by atoms with Gasteiger partial charge >= 0.3 is 7.82 Å². The molecule has 0 aliphatic heterocycles. The summed E-state index contributed by atoms with van der Waals surface area (Å²) < 4.78 is 50.3. The minimum atomic E-state index is -4.68. The van der Waals surface area contributed by atoms with Crippen molar-refractivity contribution in [2.45, 2.75) is 51.5 Å². The van der Waals surface area contributed by atoms with E-state index >= 15 is 0 Å². The van der Waals surface area contributed by atoms with Crippen LogP contribution in [0.2, 0.25) is 0 Å². The monoisotopic (exact) mass is 611 g/mol. The summed E-state index contributed by atoms with van der Waals surface area (Å²) in [5.74, 6) is -2.61. The van der Waals surface area contributed by atoms with Crippen LogP contribution in [-0.2, 0) is 20.6 Å². The molecule has 0 unspecified atom stereocenters. The van der Waals surface area contributed by atoms with Gasteiger partial charge in [0.05, 0.1) is 18.0 Å². The van der Waals surface area contributed by atoms with Crippen LogP contribution in [0, 0.1) is 17.2 Å². The van der Waals surface area contributed by atoms with E-state index in [1.807, 2.05) is 6.92 Å². The number of carbonyl (C=O) groups excluding carboxylic acids is 1. The van der Waals surface area contributed by atoms with E-state index < -0.39 is 43.6 Å². The van der Waals surface area contributed by atoms with Crippen molar-refractivity contribution >= 4 is 30.8 Å². The topological polar surface area (TPSA) is 185 Å². The molecule has 0 radical (unpaired) electrons. The SMILES string of the molecule is CCOC1CCC(N/C=C(/NC(=O)c2csc(-c3cnn(COP(=O)(O)O)c3)n2)C(=N)c2nc(F)ccc2F)CC1. The average molecular weight is 612 g/mol. The van der Waals surface area contributed by atoms with Gasteiger partial charge in [-0.1, -0.05) is 0 Å². The van der Waals surface area contributed by atoms with E-state index in [2.05, 4.69) is 30.2 Å². The van der Waals surface area contributed by atoms with Crippen LogP contribution in [-0.4, -0.2) is 59.9 Å². The summed E-state index contributed by atoms with van der Waals surface area (Å²) in [5, 5.41) is 20.0. The quantitative estimate of drug-likeness (QED) is 0.116. The molecule has 1 amide bonds. The summed E-state index contributed by atoms with van der Waals surface area (Å²) in [6.07, 6.45) is 7.61.